The lowest BCUT2D eigenvalue weighted by Crippen LogP contribution is -2.21. The summed E-state index contributed by atoms with van der Waals surface area (Å²) in [4.78, 5) is 12.8. The number of amides is 1. The van der Waals surface area contributed by atoms with Crippen molar-refractivity contribution in [3.05, 3.63) is 22.4 Å². The number of hydrogen-bond acceptors (Lipinski definition) is 5. The van der Waals surface area contributed by atoms with Gasteiger partial charge in [0.2, 0.25) is 5.91 Å². The summed E-state index contributed by atoms with van der Waals surface area (Å²) < 4.78 is 0. The van der Waals surface area contributed by atoms with Gasteiger partial charge in [0.1, 0.15) is 23.8 Å². The first-order valence-electron chi connectivity index (χ1n) is 5.19. The van der Waals surface area contributed by atoms with E-state index in [0.717, 1.165) is 0 Å². The van der Waals surface area contributed by atoms with Crippen molar-refractivity contribution in [2.75, 3.05) is 13.2 Å². The van der Waals surface area contributed by atoms with Crippen molar-refractivity contribution in [3.63, 3.8) is 0 Å². The molecule has 1 rings (SSSR count). The average molecular weight is 241 g/mol. The van der Waals surface area contributed by atoms with Gasteiger partial charge in [0, 0.05) is 5.70 Å². The Hall–Kier alpha value is -2.78. The maximum absolute atomic E-state index is 11.1. The zero-order chi connectivity index (χ0) is 13.7. The van der Waals surface area contributed by atoms with Crippen LogP contribution in [-0.2, 0) is 4.79 Å². The van der Waals surface area contributed by atoms with E-state index in [1.165, 1.54) is 0 Å². The number of allylic oxidation sites excluding steroid dienone is 4. The van der Waals surface area contributed by atoms with E-state index >= 15 is 0 Å². The first kappa shape index (κ1) is 13.3. The van der Waals surface area contributed by atoms with E-state index in [2.05, 4.69) is 5.32 Å². The van der Waals surface area contributed by atoms with Gasteiger partial charge < -0.3 is 10.2 Å². The summed E-state index contributed by atoms with van der Waals surface area (Å²) in [5.74, 6) is -0.117. The second-order valence-electron chi connectivity index (χ2n) is 3.75. The van der Waals surface area contributed by atoms with Crippen molar-refractivity contribution >= 4 is 5.91 Å². The first-order chi connectivity index (χ1) is 8.54. The topological polar surface area (TPSA) is 104 Å². The molecule has 6 heteroatoms. The molecule has 90 valence electrons. The number of nitrogens with one attached hydrogen (secondary N) is 1. The average Bonchev–Trinajstić information content (AvgIpc) is 2.78. The van der Waals surface area contributed by atoms with Crippen molar-refractivity contribution in [1.29, 1.82) is 15.8 Å². The highest BCUT2D eigenvalue weighted by Crippen LogP contribution is 2.20. The molecule has 6 nitrogen and oxygen atoms in total. The molecule has 0 bridgehead atoms. The Labute approximate surface area is 105 Å². The van der Waals surface area contributed by atoms with Gasteiger partial charge in [0.25, 0.3) is 0 Å². The minimum atomic E-state index is -0.117. The Balaban J connectivity index is 3.23. The van der Waals surface area contributed by atoms with E-state index in [4.69, 9.17) is 15.8 Å². The van der Waals surface area contributed by atoms with Crippen molar-refractivity contribution in [2.45, 2.75) is 13.8 Å². The van der Waals surface area contributed by atoms with Gasteiger partial charge in [0.15, 0.2) is 0 Å². The fourth-order valence-corrected chi connectivity index (χ4v) is 1.62. The van der Waals surface area contributed by atoms with Gasteiger partial charge in [-0.25, -0.2) is 0 Å². The summed E-state index contributed by atoms with van der Waals surface area (Å²) in [5.41, 5.74) is 1.07. The molecule has 0 radical (unpaired) electrons. The van der Waals surface area contributed by atoms with Gasteiger partial charge in [0.05, 0.1) is 18.8 Å². The molecule has 0 aromatic heterocycles. The van der Waals surface area contributed by atoms with Crippen molar-refractivity contribution in [2.24, 2.45) is 0 Å². The predicted octanol–water partition coefficient (Wildman–Crippen LogP) is 0.537. The number of nitriles is 3. The van der Waals surface area contributed by atoms with Crippen LogP contribution in [0.2, 0.25) is 0 Å². The fraction of sp³-hybridized carbons (Fsp3) is 0.333. The molecule has 1 fully saturated rings. The molecule has 0 aliphatic carbocycles. The molecule has 1 N–H and O–H groups in total. The maximum atomic E-state index is 11.1. The molecule has 1 saturated heterocycles. The highest BCUT2D eigenvalue weighted by Gasteiger charge is 2.21. The highest BCUT2D eigenvalue weighted by atomic mass is 16.2. The summed E-state index contributed by atoms with van der Waals surface area (Å²) in [6.45, 7) is 3.75. The third-order valence-electron chi connectivity index (χ3n) is 2.72. The van der Waals surface area contributed by atoms with E-state index < -0.39 is 0 Å². The molecule has 0 saturated carbocycles. The summed E-state index contributed by atoms with van der Waals surface area (Å²) in [6.07, 6.45) is 0. The summed E-state index contributed by atoms with van der Waals surface area (Å²) in [5, 5.41) is 29.3. The molecule has 1 aliphatic heterocycles. The monoisotopic (exact) mass is 241 g/mol. The summed E-state index contributed by atoms with van der Waals surface area (Å²) in [6, 6.07) is 5.49. The van der Waals surface area contributed by atoms with Crippen LogP contribution in [0.3, 0.4) is 0 Å². The van der Waals surface area contributed by atoms with Gasteiger partial charge in [-0.05, 0) is 19.4 Å². The van der Waals surface area contributed by atoms with Crippen LogP contribution in [0.15, 0.2) is 22.4 Å². The second-order valence-corrected chi connectivity index (χ2v) is 3.75. The molecule has 1 heterocycles. The molecule has 0 unspecified atom stereocenters. The van der Waals surface area contributed by atoms with Crippen molar-refractivity contribution in [1.82, 2.24) is 10.2 Å². The molecule has 18 heavy (non-hydrogen) atoms. The quantitative estimate of drug-likeness (QED) is 0.561. The van der Waals surface area contributed by atoms with Crippen LogP contribution < -0.4 is 5.32 Å². The second kappa shape index (κ2) is 5.52. The van der Waals surface area contributed by atoms with Crippen molar-refractivity contribution < 1.29 is 4.79 Å². The Bertz CT molecular complexity index is 549. The maximum Gasteiger partial charge on any atom is 0.240 e. The van der Waals surface area contributed by atoms with Gasteiger partial charge in [-0.2, -0.15) is 15.8 Å². The third kappa shape index (κ3) is 2.48. The van der Waals surface area contributed by atoms with Gasteiger partial charge in [-0.1, -0.05) is 0 Å². The van der Waals surface area contributed by atoms with Crippen LogP contribution in [-0.4, -0.2) is 24.0 Å². The van der Waals surface area contributed by atoms with E-state index in [-0.39, 0.29) is 23.6 Å². The van der Waals surface area contributed by atoms with Crippen LogP contribution in [0, 0.1) is 34.0 Å². The van der Waals surface area contributed by atoms with Gasteiger partial charge >= 0.3 is 0 Å². The molecular weight excluding hydrogens is 230 g/mol. The standard InChI is InChI=1S/C12H11N5O/c1-8(10(3-13)4-14)11(5-15)9(2)17-6-12(18)16-7-17/h6-7H2,1-2H3,(H,16,18)/b11-9+. The number of carbonyl (C=O) groups is 1. The minimum Gasteiger partial charge on any atom is -0.347 e. The van der Waals surface area contributed by atoms with Crippen LogP contribution in [0.25, 0.3) is 0 Å². The summed E-state index contributed by atoms with van der Waals surface area (Å²) >= 11 is 0. The lowest BCUT2D eigenvalue weighted by atomic mass is 10.0. The Kier molecular flexibility index (Phi) is 4.07. The van der Waals surface area contributed by atoms with E-state index in [9.17, 15) is 4.79 Å². The van der Waals surface area contributed by atoms with Crippen LogP contribution >= 0.6 is 0 Å². The Morgan fingerprint density at radius 2 is 1.83 bits per heavy atom. The number of hydrogen-bond donors (Lipinski definition) is 1. The molecule has 1 aliphatic rings. The molecule has 0 spiro atoms. The summed E-state index contributed by atoms with van der Waals surface area (Å²) in [7, 11) is 0. The van der Waals surface area contributed by atoms with Gasteiger partial charge in [-0.3, -0.25) is 4.79 Å². The van der Waals surface area contributed by atoms with Crippen LogP contribution in [0.4, 0.5) is 0 Å². The lowest BCUT2D eigenvalue weighted by molar-refractivity contribution is -0.118. The van der Waals surface area contributed by atoms with Crippen LogP contribution in [0.5, 0.6) is 0 Å². The smallest absolute Gasteiger partial charge is 0.240 e. The predicted molar refractivity (Wildman–Crippen MR) is 62.0 cm³/mol. The van der Waals surface area contributed by atoms with Crippen LogP contribution in [0.1, 0.15) is 13.8 Å². The van der Waals surface area contributed by atoms with E-state index in [1.54, 1.807) is 30.9 Å². The Morgan fingerprint density at radius 3 is 2.22 bits per heavy atom. The molecule has 0 aromatic rings. The SMILES string of the molecule is CC(=C(C#N)C#N)/C(C#N)=C(\C)N1CNC(=O)C1. The van der Waals surface area contributed by atoms with Crippen molar-refractivity contribution in [3.8, 4) is 18.2 Å². The minimum absolute atomic E-state index is 0.0932. The van der Waals surface area contributed by atoms with E-state index in [1.807, 2.05) is 6.07 Å². The zero-order valence-electron chi connectivity index (χ0n) is 10.1. The molecular formula is C12H11N5O. The largest absolute Gasteiger partial charge is 0.347 e. The van der Waals surface area contributed by atoms with Gasteiger partial charge in [-0.15, -0.1) is 0 Å². The third-order valence-corrected chi connectivity index (χ3v) is 2.72. The first-order valence-corrected chi connectivity index (χ1v) is 5.19. The molecule has 0 atom stereocenters. The Morgan fingerprint density at radius 1 is 1.22 bits per heavy atom. The highest BCUT2D eigenvalue weighted by molar-refractivity contribution is 5.80. The molecule has 1 amide bonds. The lowest BCUT2D eigenvalue weighted by Gasteiger charge is -2.18. The van der Waals surface area contributed by atoms with E-state index in [0.29, 0.717) is 17.9 Å². The zero-order valence-corrected chi connectivity index (χ0v) is 10.1. The molecule has 0 aromatic carbocycles. The normalized spacial score (nSPS) is 14.8. The fourth-order valence-electron chi connectivity index (χ4n) is 1.62. The number of nitrogens with zero attached hydrogens (tertiary/aromatic N) is 4. The number of rotatable bonds is 2. The number of carbonyl (C=O) groups excluding carboxylic acids is 1.